The zero-order valence-corrected chi connectivity index (χ0v) is 19.5. The third-order valence-electron chi connectivity index (χ3n) is 4.97. The molecule has 1 amide bonds. The van der Waals surface area contributed by atoms with Gasteiger partial charge in [0, 0.05) is 36.3 Å². The second-order valence-electron chi connectivity index (χ2n) is 7.33. The van der Waals surface area contributed by atoms with Gasteiger partial charge in [-0.3, -0.25) is 4.79 Å². The van der Waals surface area contributed by atoms with Crippen LogP contribution < -0.4 is 19.5 Å². The number of hydrogen-bond donors (Lipinski definition) is 2. The lowest BCUT2D eigenvalue weighted by molar-refractivity contribution is 0.102. The van der Waals surface area contributed by atoms with E-state index in [1.165, 1.54) is 31.4 Å². The predicted molar refractivity (Wildman–Crippen MR) is 128 cm³/mol. The average Bonchev–Trinajstić information content (AvgIpc) is 3.26. The third-order valence-corrected chi connectivity index (χ3v) is 6.53. The van der Waals surface area contributed by atoms with E-state index in [1.54, 1.807) is 25.1 Å². The van der Waals surface area contributed by atoms with E-state index in [4.69, 9.17) is 9.47 Å². The molecule has 0 unspecified atom stereocenters. The summed E-state index contributed by atoms with van der Waals surface area (Å²) in [6.07, 6.45) is 3.79. The van der Waals surface area contributed by atoms with Crippen LogP contribution in [0.25, 0.3) is 5.65 Å². The molecule has 2 heterocycles. The average molecular weight is 481 g/mol. The number of amides is 1. The minimum Gasteiger partial charge on any atom is -0.493 e. The second kappa shape index (κ2) is 9.94. The summed E-state index contributed by atoms with van der Waals surface area (Å²) in [5.41, 5.74) is 2.38. The molecule has 10 heteroatoms. The van der Waals surface area contributed by atoms with Crippen molar-refractivity contribution in [3.8, 4) is 11.5 Å². The van der Waals surface area contributed by atoms with E-state index < -0.39 is 10.0 Å². The first-order chi connectivity index (χ1) is 16.4. The molecule has 176 valence electrons. The molecule has 0 aliphatic rings. The van der Waals surface area contributed by atoms with Crippen molar-refractivity contribution in [1.29, 1.82) is 0 Å². The van der Waals surface area contributed by atoms with Gasteiger partial charge in [-0.1, -0.05) is 13.0 Å². The van der Waals surface area contributed by atoms with Gasteiger partial charge in [0.05, 0.1) is 17.7 Å². The number of nitrogens with one attached hydrogen (secondary N) is 2. The smallest absolute Gasteiger partial charge is 0.255 e. The van der Waals surface area contributed by atoms with Crippen LogP contribution in [0.4, 0.5) is 5.69 Å². The summed E-state index contributed by atoms with van der Waals surface area (Å²) in [7, 11) is -2.05. The normalized spacial score (nSPS) is 11.4. The Bertz CT molecular complexity index is 1380. The van der Waals surface area contributed by atoms with Crippen LogP contribution >= 0.6 is 0 Å². The SMILES string of the molecule is CCNS(=O)(=O)c1ccc(C(=O)Nc2ccc(OC)c(OCc3cn4ccccc4n3)c2)cc1. The fraction of sp³-hybridized carbons (Fsp3) is 0.167. The van der Waals surface area contributed by atoms with Crippen LogP contribution in [-0.4, -0.2) is 37.4 Å². The Hall–Kier alpha value is -3.89. The lowest BCUT2D eigenvalue weighted by Crippen LogP contribution is -2.23. The van der Waals surface area contributed by atoms with Crippen LogP contribution in [0, 0.1) is 0 Å². The van der Waals surface area contributed by atoms with Gasteiger partial charge < -0.3 is 19.2 Å². The third kappa shape index (κ3) is 5.19. The van der Waals surface area contributed by atoms with Crippen molar-refractivity contribution >= 4 is 27.3 Å². The molecule has 4 rings (SSSR count). The number of fused-ring (bicyclic) bond motifs is 1. The summed E-state index contributed by atoms with van der Waals surface area (Å²) < 4.78 is 39.8. The number of sulfonamides is 1. The summed E-state index contributed by atoms with van der Waals surface area (Å²) in [4.78, 5) is 17.3. The topological polar surface area (TPSA) is 111 Å². The Balaban J connectivity index is 1.47. The molecule has 0 aliphatic carbocycles. The van der Waals surface area contributed by atoms with Crippen molar-refractivity contribution in [2.45, 2.75) is 18.4 Å². The van der Waals surface area contributed by atoms with Gasteiger partial charge in [-0.2, -0.15) is 0 Å². The zero-order valence-electron chi connectivity index (χ0n) is 18.7. The Morgan fingerprint density at radius 3 is 2.56 bits per heavy atom. The minimum atomic E-state index is -3.58. The summed E-state index contributed by atoms with van der Waals surface area (Å²) >= 11 is 0. The zero-order chi connectivity index (χ0) is 24.1. The molecule has 2 aromatic carbocycles. The molecule has 34 heavy (non-hydrogen) atoms. The number of pyridine rings is 1. The fourth-order valence-corrected chi connectivity index (χ4v) is 4.38. The van der Waals surface area contributed by atoms with Gasteiger partial charge >= 0.3 is 0 Å². The molecule has 0 radical (unpaired) electrons. The number of hydrogen-bond acceptors (Lipinski definition) is 6. The van der Waals surface area contributed by atoms with E-state index in [0.29, 0.717) is 22.7 Å². The predicted octanol–water partition coefficient (Wildman–Crippen LogP) is 3.47. The number of benzene rings is 2. The highest BCUT2D eigenvalue weighted by Crippen LogP contribution is 2.31. The summed E-state index contributed by atoms with van der Waals surface area (Å²) in [6, 6.07) is 16.5. The summed E-state index contributed by atoms with van der Waals surface area (Å²) in [5, 5.41) is 2.79. The van der Waals surface area contributed by atoms with Crippen LogP contribution in [0.2, 0.25) is 0 Å². The lowest BCUT2D eigenvalue weighted by Gasteiger charge is -2.12. The standard InChI is InChI=1S/C24H24N4O5S/c1-3-25-34(30,31)20-10-7-17(8-11-20)24(29)27-18-9-12-21(32-2)22(14-18)33-16-19-15-28-13-5-4-6-23(28)26-19/h4-15,25H,3,16H2,1-2H3,(H,27,29). The highest BCUT2D eigenvalue weighted by Gasteiger charge is 2.15. The molecule has 0 spiro atoms. The van der Waals surface area contributed by atoms with Gasteiger partial charge in [-0.05, 0) is 48.5 Å². The number of rotatable bonds is 9. The Kier molecular flexibility index (Phi) is 6.80. The Morgan fingerprint density at radius 1 is 1.06 bits per heavy atom. The molecule has 0 aliphatic heterocycles. The first kappa shape index (κ1) is 23.3. The maximum absolute atomic E-state index is 12.7. The first-order valence-corrected chi connectivity index (χ1v) is 12.0. The molecule has 0 fully saturated rings. The summed E-state index contributed by atoms with van der Waals surface area (Å²) in [6.45, 7) is 2.20. The number of anilines is 1. The van der Waals surface area contributed by atoms with Crippen LogP contribution in [0.3, 0.4) is 0 Å². The van der Waals surface area contributed by atoms with E-state index in [0.717, 1.165) is 11.3 Å². The quantitative estimate of drug-likeness (QED) is 0.380. The van der Waals surface area contributed by atoms with Gasteiger partial charge in [-0.15, -0.1) is 0 Å². The lowest BCUT2D eigenvalue weighted by atomic mass is 10.2. The molecule has 9 nitrogen and oxygen atoms in total. The van der Waals surface area contributed by atoms with Gasteiger partial charge in [-0.25, -0.2) is 18.1 Å². The molecule has 2 aromatic heterocycles. The van der Waals surface area contributed by atoms with Crippen molar-refractivity contribution < 1.29 is 22.7 Å². The second-order valence-corrected chi connectivity index (χ2v) is 9.10. The van der Waals surface area contributed by atoms with Crippen molar-refractivity contribution in [2.75, 3.05) is 19.0 Å². The van der Waals surface area contributed by atoms with Crippen molar-refractivity contribution in [2.24, 2.45) is 0 Å². The van der Waals surface area contributed by atoms with Crippen LogP contribution in [0.15, 0.2) is 78.0 Å². The monoisotopic (exact) mass is 480 g/mol. The molecule has 0 saturated carbocycles. The number of nitrogens with zero attached hydrogens (tertiary/aromatic N) is 2. The van der Waals surface area contributed by atoms with E-state index in [9.17, 15) is 13.2 Å². The maximum atomic E-state index is 12.7. The van der Waals surface area contributed by atoms with E-state index in [1.807, 2.05) is 35.0 Å². The van der Waals surface area contributed by atoms with E-state index >= 15 is 0 Å². The van der Waals surface area contributed by atoms with Gasteiger partial charge in [0.15, 0.2) is 11.5 Å². The number of carbonyl (C=O) groups excluding carboxylic acids is 1. The molecule has 0 bridgehead atoms. The van der Waals surface area contributed by atoms with Crippen LogP contribution in [-0.2, 0) is 16.6 Å². The van der Waals surface area contributed by atoms with E-state index in [2.05, 4.69) is 15.0 Å². The van der Waals surface area contributed by atoms with Gasteiger partial charge in [0.2, 0.25) is 10.0 Å². The van der Waals surface area contributed by atoms with Crippen LogP contribution in [0.1, 0.15) is 23.0 Å². The Morgan fingerprint density at radius 2 is 1.85 bits per heavy atom. The molecule has 2 N–H and O–H groups in total. The number of ether oxygens (including phenoxy) is 2. The fourth-order valence-electron chi connectivity index (χ4n) is 3.34. The molecule has 4 aromatic rings. The van der Waals surface area contributed by atoms with Gasteiger partial charge in [0.25, 0.3) is 5.91 Å². The number of imidazole rings is 1. The van der Waals surface area contributed by atoms with E-state index in [-0.39, 0.29) is 24.0 Å². The molecule has 0 saturated heterocycles. The minimum absolute atomic E-state index is 0.0954. The molecule has 0 atom stereocenters. The number of carbonyl (C=O) groups is 1. The largest absolute Gasteiger partial charge is 0.493 e. The van der Waals surface area contributed by atoms with Crippen molar-refractivity contribution in [1.82, 2.24) is 14.1 Å². The number of methoxy groups -OCH3 is 1. The van der Waals surface area contributed by atoms with Crippen LogP contribution in [0.5, 0.6) is 11.5 Å². The van der Waals surface area contributed by atoms with Gasteiger partial charge in [0.1, 0.15) is 12.3 Å². The Labute approximate surface area is 197 Å². The maximum Gasteiger partial charge on any atom is 0.255 e. The highest BCUT2D eigenvalue weighted by molar-refractivity contribution is 7.89. The van der Waals surface area contributed by atoms with Crippen molar-refractivity contribution in [3.63, 3.8) is 0 Å². The first-order valence-electron chi connectivity index (χ1n) is 10.5. The number of aromatic nitrogens is 2. The molecular formula is C24H24N4O5S. The molecular weight excluding hydrogens is 456 g/mol. The van der Waals surface area contributed by atoms with Crippen molar-refractivity contribution in [3.05, 3.63) is 84.3 Å². The highest BCUT2D eigenvalue weighted by atomic mass is 32.2. The summed E-state index contributed by atoms with van der Waals surface area (Å²) in [5.74, 6) is 0.577.